The molecule has 0 N–H and O–H groups in total. The van der Waals surface area contributed by atoms with Gasteiger partial charge in [0, 0.05) is 5.92 Å². The van der Waals surface area contributed by atoms with Crippen molar-refractivity contribution in [3.63, 3.8) is 0 Å². The molecule has 3 nitrogen and oxygen atoms in total. The second-order valence-electron chi connectivity index (χ2n) is 14.7. The largest absolute Gasteiger partial charge is 0.509 e. The van der Waals surface area contributed by atoms with Crippen LogP contribution in [0.15, 0.2) is 11.6 Å². The van der Waals surface area contributed by atoms with Gasteiger partial charge in [0.25, 0.3) is 0 Å². The minimum Gasteiger partial charge on any atom is -0.429 e. The van der Waals surface area contributed by atoms with E-state index in [1.165, 1.54) is 70.6 Å². The fourth-order valence-corrected chi connectivity index (χ4v) is 9.18. The molecule has 0 aliphatic heterocycles. The standard InChI is InChI=1S/C32H54O3/c1-21(2)12-11-13-22(3)24-15-16-25-28-26(17-19-32(24,25)8)31(7)18-10-9-14-23(31)20-27(28)34-29(33)35-30(4,5)6/h20-22,24-28H,9-19H2,1-8H3. The normalized spacial score (nSPS) is 39.8. The zero-order valence-electron chi connectivity index (χ0n) is 24.1. The molecule has 3 heteroatoms. The van der Waals surface area contributed by atoms with E-state index in [-0.39, 0.29) is 6.10 Å². The van der Waals surface area contributed by atoms with Crippen LogP contribution in [-0.2, 0) is 9.47 Å². The molecule has 0 radical (unpaired) electrons. The number of hydrogen-bond acceptors (Lipinski definition) is 3. The van der Waals surface area contributed by atoms with Crippen LogP contribution in [0, 0.1) is 46.3 Å². The van der Waals surface area contributed by atoms with Gasteiger partial charge < -0.3 is 9.47 Å². The molecule has 200 valence electrons. The molecule has 8 unspecified atom stereocenters. The van der Waals surface area contributed by atoms with Crippen molar-refractivity contribution in [2.45, 2.75) is 138 Å². The lowest BCUT2D eigenvalue weighted by molar-refractivity contribution is -0.109. The highest BCUT2D eigenvalue weighted by molar-refractivity contribution is 5.61. The fourth-order valence-electron chi connectivity index (χ4n) is 9.18. The number of ether oxygens (including phenoxy) is 2. The zero-order valence-corrected chi connectivity index (χ0v) is 24.1. The van der Waals surface area contributed by atoms with Crippen molar-refractivity contribution >= 4 is 6.16 Å². The molecule has 0 spiro atoms. The Labute approximate surface area is 216 Å². The quantitative estimate of drug-likeness (QED) is 0.277. The van der Waals surface area contributed by atoms with Gasteiger partial charge in [0.2, 0.25) is 0 Å². The Morgan fingerprint density at radius 2 is 1.77 bits per heavy atom. The third-order valence-electron chi connectivity index (χ3n) is 10.8. The monoisotopic (exact) mass is 486 g/mol. The Morgan fingerprint density at radius 3 is 2.46 bits per heavy atom. The Hall–Kier alpha value is -0.990. The first kappa shape index (κ1) is 27.1. The fraction of sp³-hybridized carbons (Fsp3) is 0.906. The van der Waals surface area contributed by atoms with Crippen molar-refractivity contribution in [3.05, 3.63) is 11.6 Å². The summed E-state index contributed by atoms with van der Waals surface area (Å²) in [6, 6.07) is 0. The summed E-state index contributed by atoms with van der Waals surface area (Å²) < 4.78 is 11.9. The summed E-state index contributed by atoms with van der Waals surface area (Å²) in [5.74, 6) is 4.08. The van der Waals surface area contributed by atoms with Gasteiger partial charge in [-0.05, 0) is 112 Å². The third kappa shape index (κ3) is 5.35. The van der Waals surface area contributed by atoms with Gasteiger partial charge in [0.1, 0.15) is 11.7 Å². The molecule has 4 aliphatic carbocycles. The second kappa shape index (κ2) is 10.1. The van der Waals surface area contributed by atoms with Gasteiger partial charge in [-0.25, -0.2) is 4.79 Å². The van der Waals surface area contributed by atoms with Crippen LogP contribution in [-0.4, -0.2) is 17.9 Å². The van der Waals surface area contributed by atoms with Crippen LogP contribution in [0.5, 0.6) is 0 Å². The number of allylic oxidation sites excluding steroid dienone is 1. The molecule has 3 fully saturated rings. The van der Waals surface area contributed by atoms with Crippen LogP contribution in [0.25, 0.3) is 0 Å². The molecule has 0 saturated heterocycles. The maximum Gasteiger partial charge on any atom is 0.509 e. The molecular formula is C32H54O3. The van der Waals surface area contributed by atoms with Crippen molar-refractivity contribution in [3.8, 4) is 0 Å². The van der Waals surface area contributed by atoms with E-state index >= 15 is 0 Å². The topological polar surface area (TPSA) is 35.5 Å². The van der Waals surface area contributed by atoms with E-state index < -0.39 is 11.8 Å². The first-order valence-corrected chi connectivity index (χ1v) is 15.0. The van der Waals surface area contributed by atoms with Gasteiger partial charge in [-0.15, -0.1) is 0 Å². The summed E-state index contributed by atoms with van der Waals surface area (Å²) in [7, 11) is 0. The van der Waals surface area contributed by atoms with Crippen molar-refractivity contribution in [1.82, 2.24) is 0 Å². The Bertz CT molecular complexity index is 791. The van der Waals surface area contributed by atoms with Gasteiger partial charge >= 0.3 is 6.16 Å². The van der Waals surface area contributed by atoms with Crippen molar-refractivity contribution in [1.29, 1.82) is 0 Å². The molecule has 0 amide bonds. The summed E-state index contributed by atoms with van der Waals surface area (Å²) in [5.41, 5.74) is 1.70. The van der Waals surface area contributed by atoms with Crippen molar-refractivity contribution in [2.24, 2.45) is 46.3 Å². The predicted molar refractivity (Wildman–Crippen MR) is 144 cm³/mol. The van der Waals surface area contributed by atoms with Crippen LogP contribution >= 0.6 is 0 Å². The number of fused-ring (bicyclic) bond motifs is 5. The lowest BCUT2D eigenvalue weighted by Crippen LogP contribution is -2.55. The minimum atomic E-state index is -0.525. The third-order valence-corrected chi connectivity index (χ3v) is 10.8. The summed E-state index contributed by atoms with van der Waals surface area (Å²) >= 11 is 0. The summed E-state index contributed by atoms with van der Waals surface area (Å²) in [6.07, 6.45) is 16.2. The Kier molecular flexibility index (Phi) is 7.77. The van der Waals surface area contributed by atoms with Gasteiger partial charge in [-0.2, -0.15) is 0 Å². The zero-order chi connectivity index (χ0) is 25.6. The highest BCUT2D eigenvalue weighted by Crippen LogP contribution is 2.67. The maximum absolute atomic E-state index is 12.9. The maximum atomic E-state index is 12.9. The number of rotatable bonds is 6. The molecule has 0 aromatic carbocycles. The van der Waals surface area contributed by atoms with Gasteiger partial charge in [0.05, 0.1) is 0 Å². The number of carbonyl (C=O) groups is 1. The molecule has 35 heavy (non-hydrogen) atoms. The lowest BCUT2D eigenvalue weighted by atomic mass is 9.46. The van der Waals surface area contributed by atoms with Crippen LogP contribution in [0.2, 0.25) is 0 Å². The molecule has 0 aromatic heterocycles. The SMILES string of the molecule is CC(C)CCCC(C)C1CCC2C3C(OC(=O)OC(C)(C)C)C=C4CCCCC4(C)C3CCC12C. The average molecular weight is 487 g/mol. The first-order valence-electron chi connectivity index (χ1n) is 15.0. The number of hydrogen-bond donors (Lipinski definition) is 0. The molecule has 4 rings (SSSR count). The van der Waals surface area contributed by atoms with Crippen LogP contribution in [0.4, 0.5) is 4.79 Å². The van der Waals surface area contributed by atoms with Crippen LogP contribution in [0.3, 0.4) is 0 Å². The van der Waals surface area contributed by atoms with Gasteiger partial charge in [0.15, 0.2) is 0 Å². The minimum absolute atomic E-state index is 0.129. The smallest absolute Gasteiger partial charge is 0.429 e. The molecular weight excluding hydrogens is 432 g/mol. The van der Waals surface area contributed by atoms with E-state index in [2.05, 4.69) is 40.7 Å². The molecule has 8 atom stereocenters. The van der Waals surface area contributed by atoms with Crippen molar-refractivity contribution < 1.29 is 14.3 Å². The number of carbonyl (C=O) groups excluding carboxylic acids is 1. The average Bonchev–Trinajstić information content (AvgIpc) is 3.09. The van der Waals surface area contributed by atoms with E-state index in [0.717, 1.165) is 17.8 Å². The van der Waals surface area contributed by atoms with Crippen molar-refractivity contribution in [2.75, 3.05) is 0 Å². The summed E-state index contributed by atoms with van der Waals surface area (Å²) in [6.45, 7) is 18.2. The Balaban J connectivity index is 1.60. The summed E-state index contributed by atoms with van der Waals surface area (Å²) in [5, 5.41) is 0. The van der Waals surface area contributed by atoms with E-state index in [4.69, 9.17) is 9.47 Å². The van der Waals surface area contributed by atoms with Crippen LogP contribution < -0.4 is 0 Å². The highest BCUT2D eigenvalue weighted by Gasteiger charge is 2.61. The van der Waals surface area contributed by atoms with E-state index in [1.54, 1.807) is 5.57 Å². The van der Waals surface area contributed by atoms with Gasteiger partial charge in [-0.1, -0.05) is 65.9 Å². The van der Waals surface area contributed by atoms with E-state index in [9.17, 15) is 4.79 Å². The molecule has 4 aliphatic rings. The Morgan fingerprint density at radius 1 is 1.03 bits per heavy atom. The first-order chi connectivity index (χ1) is 16.3. The lowest BCUT2D eigenvalue weighted by Gasteiger charge is -2.59. The van der Waals surface area contributed by atoms with E-state index in [0.29, 0.717) is 28.6 Å². The highest BCUT2D eigenvalue weighted by atomic mass is 16.7. The molecule has 0 heterocycles. The van der Waals surface area contributed by atoms with Crippen LogP contribution in [0.1, 0.15) is 126 Å². The second-order valence-corrected chi connectivity index (χ2v) is 14.7. The van der Waals surface area contributed by atoms with E-state index in [1.807, 2.05) is 20.8 Å². The molecule has 3 saturated carbocycles. The molecule has 0 bridgehead atoms. The molecule has 0 aromatic rings. The predicted octanol–water partition coefficient (Wildman–Crippen LogP) is 9.35. The summed E-state index contributed by atoms with van der Waals surface area (Å²) in [4.78, 5) is 12.9. The van der Waals surface area contributed by atoms with Gasteiger partial charge in [-0.3, -0.25) is 0 Å².